The van der Waals surface area contributed by atoms with Gasteiger partial charge in [0.25, 0.3) is 0 Å². The fourth-order valence-electron chi connectivity index (χ4n) is 13.3. The summed E-state index contributed by atoms with van der Waals surface area (Å²) >= 11 is 1.58. The van der Waals surface area contributed by atoms with Gasteiger partial charge in [-0.1, -0.05) is 63.0 Å². The minimum atomic E-state index is -1.08. The van der Waals surface area contributed by atoms with Gasteiger partial charge in [0.15, 0.2) is 22.5 Å². The molecule has 10 rings (SSSR count). The third-order valence-electron chi connectivity index (χ3n) is 15.0. The number of unbranched alkanes of at least 4 members (excludes halogenated alkanes) is 5. The predicted molar refractivity (Wildman–Crippen MR) is 258 cm³/mol. The first-order valence-electron chi connectivity index (χ1n) is 24.0. The molecule has 0 spiro atoms. The Morgan fingerprint density at radius 1 is 0.892 bits per heavy atom. The summed E-state index contributed by atoms with van der Waals surface area (Å²) in [7, 11) is 2.22. The quantitative estimate of drug-likeness (QED) is 0.0715. The van der Waals surface area contributed by atoms with Gasteiger partial charge >= 0.3 is 5.97 Å². The molecule has 4 aliphatic carbocycles. The molecule has 1 aliphatic heterocycles. The molecule has 4 bridgehead atoms. The lowest BCUT2D eigenvalue weighted by molar-refractivity contribution is -0.248. The molecule has 2 unspecified atom stereocenters. The second kappa shape index (κ2) is 18.1. The molecule has 13 nitrogen and oxygen atoms in total. The smallest absolute Gasteiger partial charge is 0.355 e. The first-order chi connectivity index (χ1) is 31.1. The summed E-state index contributed by atoms with van der Waals surface area (Å²) in [5.74, 6) is 1.14. The number of carboxylic acid groups (broad SMARTS) is 1. The highest BCUT2D eigenvalue weighted by Gasteiger charge is 2.66. The van der Waals surface area contributed by atoms with Crippen molar-refractivity contribution < 1.29 is 19.4 Å². The van der Waals surface area contributed by atoms with Gasteiger partial charge in [0, 0.05) is 54.0 Å². The molecule has 4 aromatic heterocycles. The SMILES string of the molecule is CC(=O)CCCCCCCCN(C)CCOC12CC3(Cn4ncc(-c5ccc(N6CCCc7c6nnc(Nc6nc8ccccc8s6)c7C)nc5C(=O)O)c4C)C[C@@](C)(C1)C[C@](C)(C3)C2. The van der Waals surface area contributed by atoms with Crippen molar-refractivity contribution in [3.05, 3.63) is 65.1 Å². The van der Waals surface area contributed by atoms with Crippen molar-refractivity contribution in [2.24, 2.45) is 16.2 Å². The van der Waals surface area contributed by atoms with Crippen LogP contribution >= 0.6 is 11.3 Å². The van der Waals surface area contributed by atoms with Crippen molar-refractivity contribution in [2.75, 3.05) is 43.5 Å². The number of rotatable bonds is 20. The van der Waals surface area contributed by atoms with Crippen LogP contribution in [0, 0.1) is 30.1 Å². The number of hydrogen-bond donors (Lipinski definition) is 2. The van der Waals surface area contributed by atoms with Gasteiger partial charge in [-0.15, -0.1) is 10.2 Å². The van der Waals surface area contributed by atoms with E-state index in [1.807, 2.05) is 41.4 Å². The van der Waals surface area contributed by atoms with Gasteiger partial charge < -0.3 is 29.8 Å². The summed E-state index contributed by atoms with van der Waals surface area (Å²) in [6.07, 6.45) is 18.1. The molecule has 1 aromatic carbocycles. The van der Waals surface area contributed by atoms with Crippen LogP contribution in [0.3, 0.4) is 0 Å². The number of likely N-dealkylation sites (N-methyl/N-ethyl adjacent to an activating group) is 1. The number of thiazole rings is 1. The van der Waals surface area contributed by atoms with Crippen molar-refractivity contribution in [1.29, 1.82) is 0 Å². The molecule has 65 heavy (non-hydrogen) atoms. The third-order valence-corrected chi connectivity index (χ3v) is 15.9. The van der Waals surface area contributed by atoms with Crippen LogP contribution in [-0.4, -0.2) is 90.6 Å². The van der Waals surface area contributed by atoms with Gasteiger partial charge in [0.1, 0.15) is 11.6 Å². The second-order valence-electron chi connectivity index (χ2n) is 21.1. The molecule has 0 radical (unpaired) electrons. The number of para-hydroxylation sites is 1. The lowest BCUT2D eigenvalue weighted by Gasteiger charge is -2.69. The molecule has 0 saturated heterocycles. The Labute approximate surface area is 387 Å². The maximum absolute atomic E-state index is 13.0. The van der Waals surface area contributed by atoms with Crippen molar-refractivity contribution in [1.82, 2.24) is 34.8 Å². The van der Waals surface area contributed by atoms with E-state index in [4.69, 9.17) is 19.8 Å². The van der Waals surface area contributed by atoms with E-state index in [9.17, 15) is 14.7 Å². The van der Waals surface area contributed by atoms with Gasteiger partial charge in [-0.2, -0.15) is 5.10 Å². The fraction of sp³-hybridized carbons (Fsp3) is 0.588. The Balaban J connectivity index is 0.874. The number of ether oxygens (including phenoxy) is 1. The average molecular weight is 902 g/mol. The Bertz CT molecular complexity index is 2520. The van der Waals surface area contributed by atoms with E-state index in [-0.39, 0.29) is 27.5 Å². The van der Waals surface area contributed by atoms with E-state index >= 15 is 0 Å². The number of benzene rings is 1. The molecule has 2 N–H and O–H groups in total. The Kier molecular flexibility index (Phi) is 12.7. The summed E-state index contributed by atoms with van der Waals surface area (Å²) in [4.78, 5) is 38.2. The lowest BCUT2D eigenvalue weighted by atomic mass is 9.39. The number of anilines is 4. The summed E-state index contributed by atoms with van der Waals surface area (Å²) < 4.78 is 10.3. The number of carboxylic acids is 1. The van der Waals surface area contributed by atoms with Crippen LogP contribution in [0.2, 0.25) is 0 Å². The highest BCUT2D eigenvalue weighted by molar-refractivity contribution is 7.22. The molecule has 5 aliphatic rings. The van der Waals surface area contributed by atoms with Crippen LogP contribution in [0.4, 0.5) is 22.6 Å². The zero-order valence-electron chi connectivity index (χ0n) is 39.3. The van der Waals surface area contributed by atoms with Crippen molar-refractivity contribution in [3.63, 3.8) is 0 Å². The third kappa shape index (κ3) is 9.58. The van der Waals surface area contributed by atoms with E-state index < -0.39 is 5.97 Å². The van der Waals surface area contributed by atoms with E-state index in [0.717, 1.165) is 128 Å². The topological polar surface area (TPSA) is 151 Å². The van der Waals surface area contributed by atoms with E-state index in [1.165, 1.54) is 32.1 Å². The number of carbonyl (C=O) groups excluding carboxylic acids is 1. The van der Waals surface area contributed by atoms with Gasteiger partial charge in [0.05, 0.1) is 28.6 Å². The van der Waals surface area contributed by atoms with Gasteiger partial charge in [-0.25, -0.2) is 14.8 Å². The van der Waals surface area contributed by atoms with E-state index in [2.05, 4.69) is 65.9 Å². The number of pyridine rings is 1. The van der Waals surface area contributed by atoms with Crippen LogP contribution < -0.4 is 10.2 Å². The van der Waals surface area contributed by atoms with Crippen LogP contribution in [0.25, 0.3) is 21.3 Å². The lowest BCUT2D eigenvalue weighted by Crippen LogP contribution is -2.64. The number of Topliss-reactive ketones (excluding diaryl/α,β-unsaturated/α-hetero) is 1. The minimum Gasteiger partial charge on any atom is -0.476 e. The van der Waals surface area contributed by atoms with Crippen LogP contribution in [-0.2, 0) is 22.5 Å². The summed E-state index contributed by atoms with van der Waals surface area (Å²) in [6, 6.07) is 11.9. The van der Waals surface area contributed by atoms with Crippen molar-refractivity contribution >= 4 is 55.9 Å². The van der Waals surface area contributed by atoms with Crippen molar-refractivity contribution in [2.45, 2.75) is 143 Å². The Morgan fingerprint density at radius 3 is 2.40 bits per heavy atom. The molecule has 14 heteroatoms. The van der Waals surface area contributed by atoms with E-state index in [1.54, 1.807) is 18.3 Å². The zero-order valence-corrected chi connectivity index (χ0v) is 40.2. The molecular weight excluding hydrogens is 835 g/mol. The summed E-state index contributed by atoms with van der Waals surface area (Å²) in [5, 5.41) is 29.1. The highest BCUT2D eigenvalue weighted by atomic mass is 32.1. The van der Waals surface area contributed by atoms with E-state index in [0.29, 0.717) is 35.3 Å². The normalized spacial score (nSPS) is 24.6. The maximum atomic E-state index is 13.0. The number of hydrogen-bond acceptors (Lipinski definition) is 12. The van der Waals surface area contributed by atoms with Crippen LogP contribution in [0.1, 0.15) is 138 Å². The maximum Gasteiger partial charge on any atom is 0.355 e. The molecule has 4 atom stereocenters. The monoisotopic (exact) mass is 902 g/mol. The van der Waals surface area contributed by atoms with Gasteiger partial charge in [-0.05, 0) is 139 Å². The standard InChI is InChI=1S/C51H67N9O4S/c1-34(61)16-11-9-7-8-10-14-22-58(6)24-25-64-51-30-48(4)27-49(5,31-51)29-50(28-48,32-51)33-60-36(3)39(26-52-60)38-20-21-42(54-43(38)46(62)63)59-23-15-17-37-35(2)44(56-57-45(37)59)55-47-53-40-18-12-13-19-41(40)65-47/h12-13,18-21,26H,7-11,14-17,22-25,27-33H2,1-6H3,(H,62,63)(H,53,55,56)/t48-,49+,50?,51?. The fourth-order valence-corrected chi connectivity index (χ4v) is 14.1. The first-order valence-corrected chi connectivity index (χ1v) is 24.8. The number of fused-ring (bicyclic) bond motifs is 2. The first kappa shape index (κ1) is 45.4. The zero-order chi connectivity index (χ0) is 45.6. The molecule has 0 amide bonds. The second-order valence-corrected chi connectivity index (χ2v) is 22.1. The predicted octanol–water partition coefficient (Wildman–Crippen LogP) is 10.9. The van der Waals surface area contributed by atoms with Crippen LogP contribution in [0.15, 0.2) is 42.6 Å². The molecular formula is C51H67N9O4S. The molecule has 4 saturated carbocycles. The highest BCUT2D eigenvalue weighted by Crippen LogP contribution is 2.72. The number of aromatic nitrogens is 6. The largest absolute Gasteiger partial charge is 0.476 e. The number of ketones is 1. The average Bonchev–Trinajstić information content (AvgIpc) is 3.82. The Hall–Kier alpha value is -4.79. The van der Waals surface area contributed by atoms with Gasteiger partial charge in [0.2, 0.25) is 0 Å². The van der Waals surface area contributed by atoms with Gasteiger partial charge in [-0.3, -0.25) is 4.68 Å². The molecule has 5 heterocycles. The number of carbonyl (C=O) groups is 2. The summed E-state index contributed by atoms with van der Waals surface area (Å²) in [5.41, 5.74) is 5.67. The van der Waals surface area contributed by atoms with Crippen molar-refractivity contribution in [3.8, 4) is 11.1 Å². The summed E-state index contributed by atoms with van der Waals surface area (Å²) in [6.45, 7) is 15.0. The molecule has 5 aromatic rings. The molecule has 4 fully saturated rings. The number of aromatic carboxylic acids is 1. The number of nitrogens with zero attached hydrogens (tertiary/aromatic N) is 8. The minimum absolute atomic E-state index is 0.00405. The Morgan fingerprint density at radius 2 is 1.65 bits per heavy atom. The number of nitrogens with one attached hydrogen (secondary N) is 1. The molecule has 346 valence electrons. The van der Waals surface area contributed by atoms with Crippen LogP contribution in [0.5, 0.6) is 0 Å².